The molecule has 1 aliphatic heterocycles. The number of hydrogen-bond acceptors (Lipinski definition) is 3. The lowest BCUT2D eigenvalue weighted by atomic mass is 9.93. The van der Waals surface area contributed by atoms with E-state index in [0.29, 0.717) is 18.4 Å². The SMILES string of the molecule is Cc1cc(CN2CCCC(CCC(=O)NC3CC3)C2)oc1C. The summed E-state index contributed by atoms with van der Waals surface area (Å²) in [6, 6.07) is 2.64. The lowest BCUT2D eigenvalue weighted by molar-refractivity contribution is -0.121. The summed E-state index contributed by atoms with van der Waals surface area (Å²) in [5.41, 5.74) is 1.24. The second-order valence-corrected chi connectivity index (χ2v) is 7.08. The molecule has 0 bridgehead atoms. The number of furan rings is 1. The van der Waals surface area contributed by atoms with Crippen LogP contribution in [-0.4, -0.2) is 29.9 Å². The summed E-state index contributed by atoms with van der Waals surface area (Å²) < 4.78 is 5.80. The first-order valence-corrected chi connectivity index (χ1v) is 8.68. The fourth-order valence-corrected chi connectivity index (χ4v) is 3.34. The predicted molar refractivity (Wildman–Crippen MR) is 86.6 cm³/mol. The van der Waals surface area contributed by atoms with E-state index in [9.17, 15) is 4.79 Å². The van der Waals surface area contributed by atoms with E-state index in [0.717, 1.165) is 37.6 Å². The predicted octanol–water partition coefficient (Wildman–Crippen LogP) is 3.17. The number of aryl methyl sites for hydroxylation is 2. The lowest BCUT2D eigenvalue weighted by Gasteiger charge is -2.32. The van der Waals surface area contributed by atoms with E-state index in [4.69, 9.17) is 4.42 Å². The third-order valence-corrected chi connectivity index (χ3v) is 4.92. The van der Waals surface area contributed by atoms with E-state index in [2.05, 4.69) is 23.2 Å². The van der Waals surface area contributed by atoms with Crippen LogP contribution in [0.3, 0.4) is 0 Å². The summed E-state index contributed by atoms with van der Waals surface area (Å²) in [5.74, 6) is 3.00. The minimum absolute atomic E-state index is 0.247. The maximum absolute atomic E-state index is 11.8. The molecule has 2 aliphatic rings. The molecular formula is C18H28N2O2. The van der Waals surface area contributed by atoms with Crippen LogP contribution in [0.2, 0.25) is 0 Å². The molecule has 1 unspecified atom stereocenters. The van der Waals surface area contributed by atoms with Gasteiger partial charge in [0.25, 0.3) is 0 Å². The first kappa shape index (κ1) is 15.6. The quantitative estimate of drug-likeness (QED) is 0.878. The van der Waals surface area contributed by atoms with Gasteiger partial charge in [-0.3, -0.25) is 9.69 Å². The molecule has 1 atom stereocenters. The van der Waals surface area contributed by atoms with Crippen molar-refractivity contribution in [1.29, 1.82) is 0 Å². The molecule has 2 fully saturated rings. The summed E-state index contributed by atoms with van der Waals surface area (Å²) >= 11 is 0. The zero-order valence-corrected chi connectivity index (χ0v) is 13.9. The van der Waals surface area contributed by atoms with Crippen LogP contribution in [0.1, 0.15) is 55.6 Å². The highest BCUT2D eigenvalue weighted by Crippen LogP contribution is 2.24. The Balaban J connectivity index is 1.43. The minimum Gasteiger partial charge on any atom is -0.465 e. The van der Waals surface area contributed by atoms with E-state index in [-0.39, 0.29) is 5.91 Å². The van der Waals surface area contributed by atoms with Gasteiger partial charge in [0.05, 0.1) is 6.54 Å². The molecule has 1 aromatic heterocycles. The van der Waals surface area contributed by atoms with Crippen LogP contribution in [0, 0.1) is 19.8 Å². The van der Waals surface area contributed by atoms with Gasteiger partial charge in [0, 0.05) is 19.0 Å². The van der Waals surface area contributed by atoms with Crippen molar-refractivity contribution < 1.29 is 9.21 Å². The van der Waals surface area contributed by atoms with Crippen LogP contribution in [0.4, 0.5) is 0 Å². The lowest BCUT2D eigenvalue weighted by Crippen LogP contribution is -2.35. The number of likely N-dealkylation sites (tertiary alicyclic amines) is 1. The van der Waals surface area contributed by atoms with Crippen molar-refractivity contribution in [3.63, 3.8) is 0 Å². The average Bonchev–Trinajstić information content (AvgIpc) is 3.23. The molecule has 1 N–H and O–H groups in total. The fourth-order valence-electron chi connectivity index (χ4n) is 3.34. The second-order valence-electron chi connectivity index (χ2n) is 7.08. The summed E-state index contributed by atoms with van der Waals surface area (Å²) in [5, 5.41) is 3.09. The van der Waals surface area contributed by atoms with Gasteiger partial charge in [0.2, 0.25) is 5.91 Å². The number of nitrogens with zero attached hydrogens (tertiary/aromatic N) is 1. The van der Waals surface area contributed by atoms with Crippen molar-refractivity contribution in [2.75, 3.05) is 13.1 Å². The number of carbonyl (C=O) groups excluding carboxylic acids is 1. The van der Waals surface area contributed by atoms with Crippen molar-refractivity contribution in [3.05, 3.63) is 23.2 Å². The highest BCUT2D eigenvalue weighted by atomic mass is 16.3. The van der Waals surface area contributed by atoms with Crippen molar-refractivity contribution in [1.82, 2.24) is 10.2 Å². The molecular weight excluding hydrogens is 276 g/mol. The van der Waals surface area contributed by atoms with Gasteiger partial charge in [-0.2, -0.15) is 0 Å². The number of hydrogen-bond donors (Lipinski definition) is 1. The van der Waals surface area contributed by atoms with Crippen LogP contribution in [0.15, 0.2) is 10.5 Å². The molecule has 1 aliphatic carbocycles. The zero-order chi connectivity index (χ0) is 15.5. The molecule has 4 nitrogen and oxygen atoms in total. The maximum atomic E-state index is 11.8. The molecule has 1 saturated carbocycles. The van der Waals surface area contributed by atoms with Crippen molar-refractivity contribution in [2.45, 2.75) is 65.0 Å². The van der Waals surface area contributed by atoms with Gasteiger partial charge in [-0.15, -0.1) is 0 Å². The Morgan fingerprint density at radius 2 is 2.18 bits per heavy atom. The summed E-state index contributed by atoms with van der Waals surface area (Å²) in [6.07, 6.45) is 6.53. The third-order valence-electron chi connectivity index (χ3n) is 4.92. The Kier molecular flexibility index (Phi) is 4.87. The number of carbonyl (C=O) groups is 1. The third kappa shape index (κ3) is 4.35. The van der Waals surface area contributed by atoms with Crippen LogP contribution in [0.25, 0.3) is 0 Å². The van der Waals surface area contributed by atoms with Crippen molar-refractivity contribution in [3.8, 4) is 0 Å². The second kappa shape index (κ2) is 6.86. The Bertz CT molecular complexity index is 500. The molecule has 122 valence electrons. The number of nitrogens with one attached hydrogen (secondary N) is 1. The molecule has 1 amide bonds. The number of piperidine rings is 1. The monoisotopic (exact) mass is 304 g/mol. The Hall–Kier alpha value is -1.29. The molecule has 0 radical (unpaired) electrons. The molecule has 1 aromatic rings. The van der Waals surface area contributed by atoms with E-state index < -0.39 is 0 Å². The molecule has 22 heavy (non-hydrogen) atoms. The summed E-state index contributed by atoms with van der Waals surface area (Å²) in [7, 11) is 0. The van der Waals surface area contributed by atoms with E-state index in [1.807, 2.05) is 6.92 Å². The molecule has 2 heterocycles. The Labute approximate surface area is 133 Å². The molecule has 4 heteroatoms. The van der Waals surface area contributed by atoms with Gasteiger partial charge in [-0.05, 0) is 70.0 Å². The van der Waals surface area contributed by atoms with Gasteiger partial charge in [-0.25, -0.2) is 0 Å². The Morgan fingerprint density at radius 3 is 2.86 bits per heavy atom. The van der Waals surface area contributed by atoms with Crippen LogP contribution >= 0.6 is 0 Å². The van der Waals surface area contributed by atoms with Crippen LogP contribution < -0.4 is 5.32 Å². The first-order valence-electron chi connectivity index (χ1n) is 8.68. The largest absolute Gasteiger partial charge is 0.465 e. The van der Waals surface area contributed by atoms with Gasteiger partial charge in [0.1, 0.15) is 11.5 Å². The van der Waals surface area contributed by atoms with E-state index >= 15 is 0 Å². The Morgan fingerprint density at radius 1 is 1.36 bits per heavy atom. The molecule has 3 rings (SSSR count). The van der Waals surface area contributed by atoms with Gasteiger partial charge >= 0.3 is 0 Å². The average molecular weight is 304 g/mol. The zero-order valence-electron chi connectivity index (χ0n) is 13.9. The standard InChI is InChI=1S/C18H28N2O2/c1-13-10-17(22-14(13)2)12-20-9-3-4-15(11-20)5-8-18(21)19-16-6-7-16/h10,15-16H,3-9,11-12H2,1-2H3,(H,19,21). The molecule has 1 saturated heterocycles. The normalized spacial score (nSPS) is 22.7. The minimum atomic E-state index is 0.247. The van der Waals surface area contributed by atoms with Crippen LogP contribution in [-0.2, 0) is 11.3 Å². The maximum Gasteiger partial charge on any atom is 0.220 e. The smallest absolute Gasteiger partial charge is 0.220 e. The first-order chi connectivity index (χ1) is 10.6. The van der Waals surface area contributed by atoms with Crippen LogP contribution in [0.5, 0.6) is 0 Å². The summed E-state index contributed by atoms with van der Waals surface area (Å²) in [4.78, 5) is 14.3. The molecule has 0 aromatic carbocycles. The highest BCUT2D eigenvalue weighted by Gasteiger charge is 2.25. The van der Waals surface area contributed by atoms with E-state index in [1.54, 1.807) is 0 Å². The topological polar surface area (TPSA) is 45.5 Å². The fraction of sp³-hybridized carbons (Fsp3) is 0.722. The van der Waals surface area contributed by atoms with E-state index in [1.165, 1.54) is 31.2 Å². The van der Waals surface area contributed by atoms with Crippen molar-refractivity contribution >= 4 is 5.91 Å². The summed E-state index contributed by atoms with van der Waals surface area (Å²) in [6.45, 7) is 7.26. The van der Waals surface area contributed by atoms with Gasteiger partial charge in [0.15, 0.2) is 0 Å². The highest BCUT2D eigenvalue weighted by molar-refractivity contribution is 5.76. The number of amides is 1. The number of rotatable bonds is 6. The van der Waals surface area contributed by atoms with Gasteiger partial charge < -0.3 is 9.73 Å². The molecule has 0 spiro atoms. The van der Waals surface area contributed by atoms with Gasteiger partial charge in [-0.1, -0.05) is 0 Å². The van der Waals surface area contributed by atoms with Crippen molar-refractivity contribution in [2.24, 2.45) is 5.92 Å².